The quantitative estimate of drug-likeness (QED) is 0.830. The zero-order valence-electron chi connectivity index (χ0n) is 16.1. The van der Waals surface area contributed by atoms with Crippen LogP contribution in [0.2, 0.25) is 0 Å². The second-order valence-corrected chi connectivity index (χ2v) is 7.48. The minimum Gasteiger partial charge on any atom is -0.481 e. The highest BCUT2D eigenvalue weighted by molar-refractivity contribution is 5.95. The van der Waals surface area contributed by atoms with Crippen molar-refractivity contribution in [2.75, 3.05) is 13.1 Å². The molecule has 2 N–H and O–H groups in total. The summed E-state index contributed by atoms with van der Waals surface area (Å²) in [5.41, 5.74) is 0.921. The average molecular weight is 389 g/mol. The molecular formula is C20H24FN3O4. The lowest BCUT2D eigenvalue weighted by Crippen LogP contribution is -2.58. The maximum absolute atomic E-state index is 13.2. The molecule has 1 fully saturated rings. The van der Waals surface area contributed by atoms with E-state index in [1.807, 2.05) is 6.92 Å². The van der Waals surface area contributed by atoms with Crippen LogP contribution in [-0.4, -0.2) is 56.0 Å². The highest BCUT2D eigenvalue weighted by atomic mass is 19.1. The monoisotopic (exact) mass is 389 g/mol. The van der Waals surface area contributed by atoms with Crippen LogP contribution < -0.4 is 0 Å². The molecule has 0 aliphatic carbocycles. The topological polar surface area (TPSA) is 95.7 Å². The number of benzene rings is 1. The number of carbonyl (C=O) groups is 2. The van der Waals surface area contributed by atoms with Crippen LogP contribution in [0.1, 0.15) is 33.7 Å². The van der Waals surface area contributed by atoms with Crippen LogP contribution in [0.5, 0.6) is 0 Å². The Hall–Kier alpha value is -2.74. The Morgan fingerprint density at radius 1 is 1.29 bits per heavy atom. The molecule has 8 heteroatoms. The molecule has 1 aromatic carbocycles. The van der Waals surface area contributed by atoms with Crippen LogP contribution in [0.3, 0.4) is 0 Å². The lowest BCUT2D eigenvalue weighted by atomic mass is 9.72. The van der Waals surface area contributed by atoms with Crippen LogP contribution >= 0.6 is 0 Å². The van der Waals surface area contributed by atoms with Crippen molar-refractivity contribution in [2.45, 2.75) is 32.8 Å². The molecule has 1 saturated heterocycles. The van der Waals surface area contributed by atoms with E-state index in [9.17, 15) is 24.2 Å². The number of piperidine rings is 1. The van der Waals surface area contributed by atoms with E-state index in [1.165, 1.54) is 33.8 Å². The van der Waals surface area contributed by atoms with Gasteiger partial charge in [-0.1, -0.05) is 12.1 Å². The van der Waals surface area contributed by atoms with Gasteiger partial charge in [0.2, 0.25) is 0 Å². The van der Waals surface area contributed by atoms with Crippen LogP contribution in [0.4, 0.5) is 4.39 Å². The van der Waals surface area contributed by atoms with Gasteiger partial charge in [0, 0.05) is 25.7 Å². The second kappa shape index (κ2) is 7.35. The first kappa shape index (κ1) is 20.0. The summed E-state index contributed by atoms with van der Waals surface area (Å²) < 4.78 is 14.7. The van der Waals surface area contributed by atoms with E-state index >= 15 is 0 Å². The number of likely N-dealkylation sites (tertiary alicyclic amines) is 1. The van der Waals surface area contributed by atoms with Gasteiger partial charge in [0.05, 0.1) is 11.8 Å². The number of rotatable bonds is 4. The van der Waals surface area contributed by atoms with E-state index < -0.39 is 23.3 Å². The first-order valence-electron chi connectivity index (χ1n) is 9.11. The van der Waals surface area contributed by atoms with E-state index in [0.717, 1.165) is 11.3 Å². The van der Waals surface area contributed by atoms with Crippen molar-refractivity contribution >= 4 is 11.9 Å². The number of aryl methyl sites for hydroxylation is 2. The van der Waals surface area contributed by atoms with Gasteiger partial charge >= 0.3 is 5.97 Å². The molecule has 150 valence electrons. The number of hydrogen-bond donors (Lipinski definition) is 2. The van der Waals surface area contributed by atoms with Crippen molar-refractivity contribution in [2.24, 2.45) is 12.5 Å². The summed E-state index contributed by atoms with van der Waals surface area (Å²) in [6.45, 7) is 3.73. The number of halogens is 1. The van der Waals surface area contributed by atoms with Crippen LogP contribution in [-0.2, 0) is 18.3 Å². The van der Waals surface area contributed by atoms with E-state index in [2.05, 4.69) is 5.10 Å². The van der Waals surface area contributed by atoms with E-state index in [-0.39, 0.29) is 31.8 Å². The van der Waals surface area contributed by atoms with Crippen LogP contribution in [0.25, 0.3) is 0 Å². The predicted molar refractivity (Wildman–Crippen MR) is 99.4 cm³/mol. The van der Waals surface area contributed by atoms with Gasteiger partial charge < -0.3 is 15.1 Å². The smallest absolute Gasteiger partial charge is 0.314 e. The summed E-state index contributed by atoms with van der Waals surface area (Å²) in [6, 6.07) is 5.51. The number of nitrogens with zero attached hydrogens (tertiary/aromatic N) is 3. The van der Waals surface area contributed by atoms with Crippen molar-refractivity contribution < 1.29 is 24.2 Å². The molecule has 1 aliphatic rings. The number of aliphatic carboxylic acids is 1. The van der Waals surface area contributed by atoms with Crippen LogP contribution in [0.15, 0.2) is 24.3 Å². The minimum atomic E-state index is -1.56. The third-order valence-corrected chi connectivity index (χ3v) is 5.65. The fourth-order valence-electron chi connectivity index (χ4n) is 3.89. The Kier molecular flexibility index (Phi) is 5.25. The van der Waals surface area contributed by atoms with Gasteiger partial charge in [0.15, 0.2) is 0 Å². The molecule has 0 spiro atoms. The van der Waals surface area contributed by atoms with Gasteiger partial charge in [0.25, 0.3) is 5.91 Å². The molecular weight excluding hydrogens is 365 g/mol. The SMILES string of the molecule is Cc1nn(C)c(C(=O)N2CC[C@@H](O)[C@](Cc3ccc(F)cc3)(C(=O)O)C2)c1C. The number of aliphatic hydroxyl groups is 1. The molecule has 0 unspecified atom stereocenters. The highest BCUT2D eigenvalue weighted by Gasteiger charge is 2.50. The first-order valence-corrected chi connectivity index (χ1v) is 9.11. The molecule has 0 saturated carbocycles. The van der Waals surface area contributed by atoms with Gasteiger partial charge in [-0.15, -0.1) is 0 Å². The maximum Gasteiger partial charge on any atom is 0.314 e. The first-order chi connectivity index (χ1) is 13.2. The molecule has 2 atom stereocenters. The van der Waals surface area contributed by atoms with Gasteiger partial charge in [-0.2, -0.15) is 5.10 Å². The Labute approximate surface area is 162 Å². The van der Waals surface area contributed by atoms with Crippen molar-refractivity contribution in [3.05, 3.63) is 52.6 Å². The Morgan fingerprint density at radius 3 is 2.46 bits per heavy atom. The molecule has 2 aromatic rings. The third-order valence-electron chi connectivity index (χ3n) is 5.65. The van der Waals surface area contributed by atoms with Gasteiger partial charge in [0.1, 0.15) is 16.9 Å². The second-order valence-electron chi connectivity index (χ2n) is 7.48. The molecule has 0 bridgehead atoms. The predicted octanol–water partition coefficient (Wildman–Crippen LogP) is 1.70. The fourth-order valence-corrected chi connectivity index (χ4v) is 3.89. The summed E-state index contributed by atoms with van der Waals surface area (Å²) in [6.07, 6.45) is -0.972. The summed E-state index contributed by atoms with van der Waals surface area (Å²) in [7, 11) is 1.68. The summed E-state index contributed by atoms with van der Waals surface area (Å²) >= 11 is 0. The maximum atomic E-state index is 13.2. The van der Waals surface area contributed by atoms with E-state index in [1.54, 1.807) is 14.0 Å². The number of carboxylic acid groups (broad SMARTS) is 1. The Bertz CT molecular complexity index is 909. The summed E-state index contributed by atoms with van der Waals surface area (Å²) in [5.74, 6) is -1.91. The molecule has 28 heavy (non-hydrogen) atoms. The van der Waals surface area contributed by atoms with Crippen LogP contribution in [0, 0.1) is 25.1 Å². The fraction of sp³-hybridized carbons (Fsp3) is 0.450. The third kappa shape index (κ3) is 3.40. The number of hydrogen-bond acceptors (Lipinski definition) is 4. The summed E-state index contributed by atoms with van der Waals surface area (Å²) in [5, 5.41) is 24.8. The zero-order chi connectivity index (χ0) is 20.6. The highest BCUT2D eigenvalue weighted by Crippen LogP contribution is 2.35. The molecule has 1 aromatic heterocycles. The number of aliphatic hydroxyl groups excluding tert-OH is 1. The number of carboxylic acids is 1. The minimum absolute atomic E-state index is 0.00302. The van der Waals surface area contributed by atoms with Crippen molar-refractivity contribution in [3.63, 3.8) is 0 Å². The lowest BCUT2D eigenvalue weighted by Gasteiger charge is -2.43. The molecule has 1 amide bonds. The number of aromatic nitrogens is 2. The lowest BCUT2D eigenvalue weighted by molar-refractivity contribution is -0.161. The molecule has 2 heterocycles. The average Bonchev–Trinajstić information content (AvgIpc) is 2.90. The summed E-state index contributed by atoms with van der Waals surface area (Å²) in [4.78, 5) is 26.8. The van der Waals surface area contributed by atoms with Crippen molar-refractivity contribution in [3.8, 4) is 0 Å². The van der Waals surface area contributed by atoms with Crippen molar-refractivity contribution in [1.82, 2.24) is 14.7 Å². The standard InChI is InChI=1S/C20H24FN3O4/c1-12-13(2)22-23(3)17(12)18(26)24-9-8-16(25)20(11-24,19(27)28)10-14-4-6-15(21)7-5-14/h4-7,16,25H,8-11H2,1-3H3,(H,27,28)/t16-,20-/m1/s1. The normalized spacial score (nSPS) is 22.3. The molecule has 0 radical (unpaired) electrons. The van der Waals surface area contributed by atoms with Crippen molar-refractivity contribution in [1.29, 1.82) is 0 Å². The van der Waals surface area contributed by atoms with Gasteiger partial charge in [-0.25, -0.2) is 4.39 Å². The van der Waals surface area contributed by atoms with E-state index in [0.29, 0.717) is 11.3 Å². The zero-order valence-corrected chi connectivity index (χ0v) is 16.1. The Balaban J connectivity index is 1.93. The molecule has 3 rings (SSSR count). The number of amides is 1. The Morgan fingerprint density at radius 2 is 1.93 bits per heavy atom. The van der Waals surface area contributed by atoms with E-state index in [4.69, 9.17) is 0 Å². The van der Waals surface area contributed by atoms with Gasteiger partial charge in [-0.3, -0.25) is 14.3 Å². The number of carbonyl (C=O) groups excluding carboxylic acids is 1. The van der Waals surface area contributed by atoms with Gasteiger partial charge in [-0.05, 0) is 44.4 Å². The molecule has 1 aliphatic heterocycles. The largest absolute Gasteiger partial charge is 0.481 e. The molecule has 7 nitrogen and oxygen atoms in total.